The molecule has 2 rings (SSSR count). The van der Waals surface area contributed by atoms with Gasteiger partial charge in [0.2, 0.25) is 0 Å². The molecule has 1 aromatic heterocycles. The highest BCUT2D eigenvalue weighted by atomic mass is 32.1. The molecule has 0 amide bonds. The van der Waals surface area contributed by atoms with Crippen molar-refractivity contribution in [1.29, 1.82) is 0 Å². The van der Waals surface area contributed by atoms with Crippen LogP contribution in [0.2, 0.25) is 0 Å². The van der Waals surface area contributed by atoms with Gasteiger partial charge in [-0.2, -0.15) is 0 Å². The number of thiophene rings is 1. The van der Waals surface area contributed by atoms with Crippen LogP contribution in [0.4, 0.5) is 11.4 Å². The van der Waals surface area contributed by atoms with Crippen molar-refractivity contribution in [2.45, 2.75) is 6.92 Å². The van der Waals surface area contributed by atoms with Gasteiger partial charge < -0.3 is 11.5 Å². The van der Waals surface area contributed by atoms with Crippen molar-refractivity contribution >= 4 is 32.8 Å². The highest BCUT2D eigenvalue weighted by molar-refractivity contribution is 7.17. The van der Waals surface area contributed by atoms with Gasteiger partial charge in [0.25, 0.3) is 0 Å². The van der Waals surface area contributed by atoms with Gasteiger partial charge in [0.1, 0.15) is 0 Å². The van der Waals surface area contributed by atoms with E-state index in [4.69, 9.17) is 11.5 Å². The van der Waals surface area contributed by atoms with Crippen molar-refractivity contribution in [3.05, 3.63) is 23.1 Å². The summed E-state index contributed by atoms with van der Waals surface area (Å²) in [4.78, 5) is 0. The van der Waals surface area contributed by atoms with Crippen LogP contribution in [0, 0.1) is 6.92 Å². The fraction of sp³-hybridized carbons (Fsp3) is 0.111. The van der Waals surface area contributed by atoms with Gasteiger partial charge in [0.05, 0.1) is 11.4 Å². The standard InChI is InChI=1S/C9H10N2S/c1-5-4-12-9-3-8(11)7(10)2-6(5)9/h2-4H,10-11H2,1H3. The number of nitrogens with two attached hydrogens (primary N) is 2. The lowest BCUT2D eigenvalue weighted by Gasteiger charge is -1.99. The quantitative estimate of drug-likeness (QED) is 0.608. The average Bonchev–Trinajstić information content (AvgIpc) is 2.35. The summed E-state index contributed by atoms with van der Waals surface area (Å²) in [5.41, 5.74) is 14.0. The fourth-order valence-corrected chi connectivity index (χ4v) is 2.21. The highest BCUT2D eigenvalue weighted by Gasteiger charge is 2.02. The Morgan fingerprint density at radius 2 is 1.83 bits per heavy atom. The van der Waals surface area contributed by atoms with Crippen molar-refractivity contribution in [3.8, 4) is 0 Å². The van der Waals surface area contributed by atoms with Gasteiger partial charge in [-0.05, 0) is 35.4 Å². The molecule has 0 unspecified atom stereocenters. The van der Waals surface area contributed by atoms with Crippen LogP contribution in [-0.4, -0.2) is 0 Å². The number of nitrogen functional groups attached to an aromatic ring is 2. The number of benzene rings is 1. The normalized spacial score (nSPS) is 10.8. The van der Waals surface area contributed by atoms with Gasteiger partial charge in [0, 0.05) is 4.70 Å². The highest BCUT2D eigenvalue weighted by Crippen LogP contribution is 2.30. The minimum Gasteiger partial charge on any atom is -0.397 e. The fourth-order valence-electron chi connectivity index (χ4n) is 1.23. The van der Waals surface area contributed by atoms with Crippen molar-refractivity contribution in [2.75, 3.05) is 11.5 Å². The first-order chi connectivity index (χ1) is 5.68. The average molecular weight is 178 g/mol. The second-order valence-electron chi connectivity index (χ2n) is 2.90. The molecular formula is C9H10N2S. The largest absolute Gasteiger partial charge is 0.397 e. The third-order valence-corrected chi connectivity index (χ3v) is 3.04. The molecular weight excluding hydrogens is 168 g/mol. The smallest absolute Gasteiger partial charge is 0.0562 e. The lowest BCUT2D eigenvalue weighted by Crippen LogP contribution is -1.93. The second-order valence-corrected chi connectivity index (χ2v) is 3.81. The second kappa shape index (κ2) is 2.38. The van der Waals surface area contributed by atoms with Crippen molar-refractivity contribution in [3.63, 3.8) is 0 Å². The molecule has 12 heavy (non-hydrogen) atoms. The zero-order chi connectivity index (χ0) is 8.72. The minimum absolute atomic E-state index is 0.670. The Morgan fingerprint density at radius 1 is 1.17 bits per heavy atom. The zero-order valence-corrected chi connectivity index (χ0v) is 7.61. The van der Waals surface area contributed by atoms with E-state index in [0.717, 1.165) is 0 Å². The molecule has 0 radical (unpaired) electrons. The monoisotopic (exact) mass is 178 g/mol. The van der Waals surface area contributed by atoms with E-state index in [1.54, 1.807) is 11.3 Å². The Hall–Kier alpha value is -1.22. The van der Waals surface area contributed by atoms with Gasteiger partial charge in [-0.25, -0.2) is 0 Å². The van der Waals surface area contributed by atoms with E-state index in [-0.39, 0.29) is 0 Å². The summed E-state index contributed by atoms with van der Waals surface area (Å²) in [6.07, 6.45) is 0. The molecule has 0 atom stereocenters. The minimum atomic E-state index is 0.670. The Bertz CT molecular complexity index is 431. The molecule has 0 aliphatic rings. The predicted molar refractivity (Wildman–Crippen MR) is 55.4 cm³/mol. The predicted octanol–water partition coefficient (Wildman–Crippen LogP) is 2.37. The van der Waals surface area contributed by atoms with Gasteiger partial charge in [-0.1, -0.05) is 0 Å². The molecule has 0 bridgehead atoms. The first-order valence-electron chi connectivity index (χ1n) is 3.71. The summed E-state index contributed by atoms with van der Waals surface area (Å²) in [6, 6.07) is 3.87. The lowest BCUT2D eigenvalue weighted by atomic mass is 10.1. The third-order valence-electron chi connectivity index (χ3n) is 1.97. The van der Waals surface area contributed by atoms with E-state index >= 15 is 0 Å². The molecule has 0 saturated heterocycles. The van der Waals surface area contributed by atoms with Crippen LogP contribution in [0.25, 0.3) is 10.1 Å². The summed E-state index contributed by atoms with van der Waals surface area (Å²) >= 11 is 1.70. The van der Waals surface area contributed by atoms with E-state index in [1.165, 1.54) is 15.6 Å². The van der Waals surface area contributed by atoms with E-state index in [1.807, 2.05) is 12.1 Å². The number of anilines is 2. The van der Waals surface area contributed by atoms with Crippen molar-refractivity contribution in [2.24, 2.45) is 0 Å². The topological polar surface area (TPSA) is 52.0 Å². The summed E-state index contributed by atoms with van der Waals surface area (Å²) < 4.78 is 1.21. The number of hydrogen-bond acceptors (Lipinski definition) is 3. The molecule has 0 saturated carbocycles. The van der Waals surface area contributed by atoms with Crippen molar-refractivity contribution < 1.29 is 0 Å². The SMILES string of the molecule is Cc1csc2cc(N)c(N)cc12. The maximum atomic E-state index is 5.69. The third kappa shape index (κ3) is 0.940. The Morgan fingerprint density at radius 3 is 2.58 bits per heavy atom. The van der Waals surface area contributed by atoms with E-state index in [2.05, 4.69) is 12.3 Å². The maximum absolute atomic E-state index is 5.69. The van der Waals surface area contributed by atoms with Gasteiger partial charge >= 0.3 is 0 Å². The molecule has 1 heterocycles. The molecule has 0 fully saturated rings. The molecule has 2 nitrogen and oxygen atoms in total. The number of hydrogen-bond donors (Lipinski definition) is 2. The van der Waals surface area contributed by atoms with Gasteiger partial charge in [-0.15, -0.1) is 11.3 Å². The number of fused-ring (bicyclic) bond motifs is 1. The maximum Gasteiger partial charge on any atom is 0.0562 e. The lowest BCUT2D eigenvalue weighted by molar-refractivity contribution is 1.60. The van der Waals surface area contributed by atoms with Crippen LogP contribution in [0.3, 0.4) is 0 Å². The Balaban J connectivity index is 2.87. The molecule has 0 aliphatic heterocycles. The van der Waals surface area contributed by atoms with Crippen molar-refractivity contribution in [1.82, 2.24) is 0 Å². The molecule has 4 N–H and O–H groups in total. The summed E-state index contributed by atoms with van der Waals surface area (Å²) in [6.45, 7) is 2.08. The van der Waals surface area contributed by atoms with Gasteiger partial charge in [0.15, 0.2) is 0 Å². The molecule has 2 aromatic rings. The first-order valence-corrected chi connectivity index (χ1v) is 4.59. The van der Waals surface area contributed by atoms with Crippen LogP contribution in [-0.2, 0) is 0 Å². The first kappa shape index (κ1) is 7.43. The molecule has 3 heteroatoms. The van der Waals surface area contributed by atoms with Crippen LogP contribution in [0.15, 0.2) is 17.5 Å². The number of rotatable bonds is 0. The number of aryl methyl sites for hydroxylation is 1. The van der Waals surface area contributed by atoms with Crippen LogP contribution < -0.4 is 11.5 Å². The molecule has 62 valence electrons. The van der Waals surface area contributed by atoms with E-state index in [9.17, 15) is 0 Å². The molecule has 1 aromatic carbocycles. The Labute approximate surface area is 74.8 Å². The van der Waals surface area contributed by atoms with Crippen LogP contribution >= 0.6 is 11.3 Å². The van der Waals surface area contributed by atoms with Gasteiger partial charge in [-0.3, -0.25) is 0 Å². The van der Waals surface area contributed by atoms with Crippen LogP contribution in [0.1, 0.15) is 5.56 Å². The Kier molecular flexibility index (Phi) is 1.48. The molecule has 0 aliphatic carbocycles. The summed E-state index contributed by atoms with van der Waals surface area (Å²) in [7, 11) is 0. The van der Waals surface area contributed by atoms with Crippen LogP contribution in [0.5, 0.6) is 0 Å². The summed E-state index contributed by atoms with van der Waals surface area (Å²) in [5.74, 6) is 0. The van der Waals surface area contributed by atoms with E-state index in [0.29, 0.717) is 11.4 Å². The summed E-state index contributed by atoms with van der Waals surface area (Å²) in [5, 5.41) is 3.33. The van der Waals surface area contributed by atoms with E-state index < -0.39 is 0 Å². The zero-order valence-electron chi connectivity index (χ0n) is 6.79. The molecule has 0 spiro atoms.